The molecule has 0 radical (unpaired) electrons. The van der Waals surface area contributed by atoms with Gasteiger partial charge in [-0.1, -0.05) is 19.0 Å². The summed E-state index contributed by atoms with van der Waals surface area (Å²) in [5, 5.41) is 7.43. The van der Waals surface area contributed by atoms with Crippen LogP contribution >= 0.6 is 0 Å². The van der Waals surface area contributed by atoms with Gasteiger partial charge in [-0.15, -0.1) is 0 Å². The molecule has 1 aromatic rings. The highest BCUT2D eigenvalue weighted by molar-refractivity contribution is 5.00. The topological polar surface area (TPSA) is 63.4 Å². The van der Waals surface area contributed by atoms with Crippen LogP contribution in [0.2, 0.25) is 0 Å². The van der Waals surface area contributed by atoms with E-state index in [2.05, 4.69) is 48.1 Å². The van der Waals surface area contributed by atoms with Crippen LogP contribution in [0, 0.1) is 0 Å². The van der Waals surface area contributed by atoms with E-state index in [1.165, 1.54) is 0 Å². The fourth-order valence-electron chi connectivity index (χ4n) is 2.84. The maximum atomic E-state index is 5.81. The van der Waals surface area contributed by atoms with Crippen molar-refractivity contribution in [2.45, 2.75) is 58.2 Å². The molecule has 3 unspecified atom stereocenters. The lowest BCUT2D eigenvalue weighted by Gasteiger charge is -2.34. The van der Waals surface area contributed by atoms with Crippen LogP contribution in [0.15, 0.2) is 4.52 Å². The van der Waals surface area contributed by atoms with Gasteiger partial charge < -0.3 is 14.6 Å². The Morgan fingerprint density at radius 2 is 2.14 bits per heavy atom. The number of nitrogens with one attached hydrogen (secondary N) is 1. The summed E-state index contributed by atoms with van der Waals surface area (Å²) in [5.74, 6) is 1.57. The summed E-state index contributed by atoms with van der Waals surface area (Å²) in [6.07, 6.45) is 0.941. The Morgan fingerprint density at radius 1 is 1.38 bits per heavy atom. The summed E-state index contributed by atoms with van der Waals surface area (Å²) in [5.41, 5.74) is 0. The van der Waals surface area contributed by atoms with E-state index >= 15 is 0 Å². The summed E-state index contributed by atoms with van der Waals surface area (Å²) in [6.45, 7) is 11.2. The average molecular weight is 296 g/mol. The van der Waals surface area contributed by atoms with Crippen LogP contribution in [0.1, 0.15) is 57.9 Å². The molecule has 3 atom stereocenters. The highest BCUT2D eigenvalue weighted by atomic mass is 16.5. The molecule has 2 heterocycles. The van der Waals surface area contributed by atoms with Gasteiger partial charge in [0.25, 0.3) is 0 Å². The van der Waals surface area contributed by atoms with Crippen LogP contribution in [-0.2, 0) is 4.74 Å². The minimum atomic E-state index is -0.0829. The van der Waals surface area contributed by atoms with Gasteiger partial charge in [0, 0.05) is 25.2 Å². The third kappa shape index (κ3) is 3.81. The molecule has 1 aliphatic rings. The van der Waals surface area contributed by atoms with Gasteiger partial charge in [-0.25, -0.2) is 0 Å². The number of hydrogen-bond acceptors (Lipinski definition) is 6. The molecule has 1 aromatic heterocycles. The van der Waals surface area contributed by atoms with Crippen LogP contribution < -0.4 is 5.32 Å². The molecule has 0 aromatic carbocycles. The summed E-state index contributed by atoms with van der Waals surface area (Å²) >= 11 is 0. The van der Waals surface area contributed by atoms with E-state index in [0.29, 0.717) is 23.8 Å². The molecule has 0 saturated carbocycles. The largest absolute Gasteiger partial charge is 0.367 e. The van der Waals surface area contributed by atoms with E-state index in [0.717, 1.165) is 26.1 Å². The first kappa shape index (κ1) is 16.4. The Hall–Kier alpha value is -0.980. The molecule has 0 aliphatic carbocycles. The zero-order valence-electron chi connectivity index (χ0n) is 13.8. The number of morpholine rings is 1. The van der Waals surface area contributed by atoms with E-state index in [4.69, 9.17) is 9.26 Å². The van der Waals surface area contributed by atoms with Crippen molar-refractivity contribution >= 4 is 0 Å². The molecule has 1 saturated heterocycles. The highest BCUT2D eigenvalue weighted by Gasteiger charge is 2.29. The van der Waals surface area contributed by atoms with Crippen molar-refractivity contribution in [3.8, 4) is 0 Å². The third-order valence-electron chi connectivity index (χ3n) is 4.38. The van der Waals surface area contributed by atoms with Gasteiger partial charge in [-0.3, -0.25) is 4.90 Å². The molecule has 1 aliphatic heterocycles. The molecular formula is C15H28N4O2. The quantitative estimate of drug-likeness (QED) is 0.865. The first-order chi connectivity index (χ1) is 10.1. The normalized spacial score (nSPS) is 23.4. The third-order valence-corrected chi connectivity index (χ3v) is 4.38. The number of aromatic nitrogens is 2. The van der Waals surface area contributed by atoms with Crippen LogP contribution in [0.5, 0.6) is 0 Å². The lowest BCUT2D eigenvalue weighted by molar-refractivity contribution is -0.0450. The predicted octanol–water partition coefficient (Wildman–Crippen LogP) is 1.95. The Bertz CT molecular complexity index is 431. The van der Waals surface area contributed by atoms with Crippen LogP contribution in [0.25, 0.3) is 0 Å². The molecule has 0 amide bonds. The molecule has 21 heavy (non-hydrogen) atoms. The standard InChI is InChI=1S/C15H28N4O2/c1-6-12(16-5)11(4)15-17-14(18-21-15)13-9-19(10(2)3)7-8-20-13/h10-13,16H,6-9H2,1-5H3. The molecule has 2 rings (SSSR count). The van der Waals surface area contributed by atoms with E-state index in [1.807, 2.05) is 7.05 Å². The van der Waals surface area contributed by atoms with Gasteiger partial charge in [0.05, 0.1) is 12.5 Å². The smallest absolute Gasteiger partial charge is 0.231 e. The first-order valence-electron chi connectivity index (χ1n) is 7.93. The van der Waals surface area contributed by atoms with Gasteiger partial charge in [0.1, 0.15) is 6.10 Å². The second-order valence-corrected chi connectivity index (χ2v) is 6.03. The summed E-state index contributed by atoms with van der Waals surface area (Å²) in [6, 6.07) is 0.855. The molecule has 0 bridgehead atoms. The second kappa shape index (κ2) is 7.33. The number of hydrogen-bond donors (Lipinski definition) is 1. The van der Waals surface area contributed by atoms with Gasteiger partial charge in [-0.05, 0) is 27.3 Å². The monoisotopic (exact) mass is 296 g/mol. The van der Waals surface area contributed by atoms with E-state index in [-0.39, 0.29) is 12.0 Å². The second-order valence-electron chi connectivity index (χ2n) is 6.03. The number of rotatable bonds is 6. The summed E-state index contributed by atoms with van der Waals surface area (Å²) < 4.78 is 11.3. The maximum Gasteiger partial charge on any atom is 0.231 e. The number of likely N-dealkylation sites (N-methyl/N-ethyl adjacent to an activating group) is 1. The van der Waals surface area contributed by atoms with Crippen molar-refractivity contribution in [2.24, 2.45) is 0 Å². The number of nitrogens with zero attached hydrogens (tertiary/aromatic N) is 3. The lowest BCUT2D eigenvalue weighted by Crippen LogP contribution is -2.42. The van der Waals surface area contributed by atoms with Gasteiger partial charge in [0.2, 0.25) is 11.7 Å². The average Bonchev–Trinajstić information content (AvgIpc) is 2.98. The van der Waals surface area contributed by atoms with Gasteiger partial charge in [-0.2, -0.15) is 4.98 Å². The number of ether oxygens (including phenoxy) is 1. The Balaban J connectivity index is 2.05. The molecule has 1 fully saturated rings. The van der Waals surface area contributed by atoms with Gasteiger partial charge in [0.15, 0.2) is 0 Å². The van der Waals surface area contributed by atoms with Crippen LogP contribution in [0.4, 0.5) is 0 Å². The molecule has 1 N–H and O–H groups in total. The minimum Gasteiger partial charge on any atom is -0.367 e. The predicted molar refractivity (Wildman–Crippen MR) is 81.3 cm³/mol. The minimum absolute atomic E-state index is 0.0829. The molecule has 0 spiro atoms. The SMILES string of the molecule is CCC(NC)C(C)c1nc(C2CN(C(C)C)CCO2)no1. The van der Waals surface area contributed by atoms with Crippen LogP contribution in [0.3, 0.4) is 0 Å². The molecular weight excluding hydrogens is 268 g/mol. The maximum absolute atomic E-state index is 5.81. The molecule has 6 heteroatoms. The van der Waals surface area contributed by atoms with E-state index < -0.39 is 0 Å². The van der Waals surface area contributed by atoms with Gasteiger partial charge >= 0.3 is 0 Å². The summed E-state index contributed by atoms with van der Waals surface area (Å²) in [4.78, 5) is 6.96. The Kier molecular flexibility index (Phi) is 5.72. The van der Waals surface area contributed by atoms with Crippen molar-refractivity contribution in [2.75, 3.05) is 26.7 Å². The van der Waals surface area contributed by atoms with Crippen molar-refractivity contribution in [3.63, 3.8) is 0 Å². The van der Waals surface area contributed by atoms with Crippen molar-refractivity contribution in [3.05, 3.63) is 11.7 Å². The zero-order chi connectivity index (χ0) is 15.4. The van der Waals surface area contributed by atoms with Crippen molar-refractivity contribution in [1.29, 1.82) is 0 Å². The lowest BCUT2D eigenvalue weighted by atomic mass is 10.00. The van der Waals surface area contributed by atoms with Crippen molar-refractivity contribution < 1.29 is 9.26 Å². The van der Waals surface area contributed by atoms with Crippen LogP contribution in [-0.4, -0.2) is 53.9 Å². The molecule has 120 valence electrons. The molecule has 6 nitrogen and oxygen atoms in total. The van der Waals surface area contributed by atoms with E-state index in [1.54, 1.807) is 0 Å². The van der Waals surface area contributed by atoms with E-state index in [9.17, 15) is 0 Å². The Labute approximate surface area is 127 Å². The first-order valence-corrected chi connectivity index (χ1v) is 7.93. The fourth-order valence-corrected chi connectivity index (χ4v) is 2.84. The highest BCUT2D eigenvalue weighted by Crippen LogP contribution is 2.24. The summed E-state index contributed by atoms with van der Waals surface area (Å²) in [7, 11) is 1.96. The zero-order valence-corrected chi connectivity index (χ0v) is 13.8. The fraction of sp³-hybridized carbons (Fsp3) is 0.867. The van der Waals surface area contributed by atoms with Crippen molar-refractivity contribution in [1.82, 2.24) is 20.4 Å². The Morgan fingerprint density at radius 3 is 2.76 bits per heavy atom.